The predicted molar refractivity (Wildman–Crippen MR) is 65.8 cm³/mol. The van der Waals surface area contributed by atoms with Gasteiger partial charge in [-0.2, -0.15) is 11.8 Å². The van der Waals surface area contributed by atoms with Crippen LogP contribution in [0.5, 0.6) is 0 Å². The van der Waals surface area contributed by atoms with Crippen molar-refractivity contribution in [1.29, 1.82) is 0 Å². The molecule has 1 aliphatic heterocycles. The molecule has 0 amide bonds. The Hall–Kier alpha value is 0.270. The highest BCUT2D eigenvalue weighted by Crippen LogP contribution is 2.29. The van der Waals surface area contributed by atoms with Gasteiger partial charge in [0.1, 0.15) is 0 Å². The van der Waals surface area contributed by atoms with Crippen molar-refractivity contribution in [2.75, 3.05) is 18.1 Å². The van der Waals surface area contributed by atoms with Crippen molar-refractivity contribution in [1.82, 2.24) is 4.90 Å². The second-order valence-corrected chi connectivity index (χ2v) is 5.77. The summed E-state index contributed by atoms with van der Waals surface area (Å²) in [5.41, 5.74) is 6.31. The SMILES string of the molecule is CCC(C)(C(C)N)N1CCSCC1C. The molecule has 84 valence electrons. The molecule has 1 saturated heterocycles. The molecule has 0 aromatic carbocycles. The van der Waals surface area contributed by atoms with E-state index in [2.05, 4.69) is 44.4 Å². The molecule has 0 spiro atoms. The molecule has 1 fully saturated rings. The van der Waals surface area contributed by atoms with Crippen LogP contribution in [0.15, 0.2) is 0 Å². The van der Waals surface area contributed by atoms with E-state index in [1.54, 1.807) is 0 Å². The Kier molecular flexibility index (Phi) is 4.29. The van der Waals surface area contributed by atoms with Crippen LogP contribution in [0.4, 0.5) is 0 Å². The van der Waals surface area contributed by atoms with Gasteiger partial charge in [0.25, 0.3) is 0 Å². The van der Waals surface area contributed by atoms with Gasteiger partial charge in [0.05, 0.1) is 0 Å². The van der Waals surface area contributed by atoms with Gasteiger partial charge in [0.15, 0.2) is 0 Å². The number of nitrogens with zero attached hydrogens (tertiary/aromatic N) is 1. The maximum atomic E-state index is 6.13. The monoisotopic (exact) mass is 216 g/mol. The molecular formula is C11H24N2S. The van der Waals surface area contributed by atoms with Crippen molar-refractivity contribution in [2.45, 2.75) is 51.7 Å². The van der Waals surface area contributed by atoms with E-state index in [4.69, 9.17) is 5.73 Å². The van der Waals surface area contributed by atoms with Gasteiger partial charge in [-0.15, -0.1) is 0 Å². The molecule has 3 atom stereocenters. The lowest BCUT2D eigenvalue weighted by Gasteiger charge is -2.49. The zero-order valence-corrected chi connectivity index (χ0v) is 10.7. The number of nitrogens with two attached hydrogens (primary N) is 1. The van der Waals surface area contributed by atoms with Crippen molar-refractivity contribution in [3.63, 3.8) is 0 Å². The van der Waals surface area contributed by atoms with Gasteiger partial charge in [-0.1, -0.05) is 6.92 Å². The van der Waals surface area contributed by atoms with E-state index < -0.39 is 0 Å². The van der Waals surface area contributed by atoms with E-state index in [-0.39, 0.29) is 11.6 Å². The second kappa shape index (κ2) is 4.86. The zero-order valence-electron chi connectivity index (χ0n) is 9.92. The first kappa shape index (κ1) is 12.3. The molecule has 2 N–H and O–H groups in total. The van der Waals surface area contributed by atoms with Crippen LogP contribution >= 0.6 is 11.8 Å². The molecule has 1 heterocycles. The lowest BCUT2D eigenvalue weighted by Crippen LogP contribution is -2.61. The fourth-order valence-electron chi connectivity index (χ4n) is 2.27. The van der Waals surface area contributed by atoms with E-state index in [0.29, 0.717) is 6.04 Å². The topological polar surface area (TPSA) is 29.3 Å². The van der Waals surface area contributed by atoms with E-state index in [0.717, 1.165) is 6.42 Å². The van der Waals surface area contributed by atoms with E-state index in [9.17, 15) is 0 Å². The van der Waals surface area contributed by atoms with Crippen molar-refractivity contribution >= 4 is 11.8 Å². The third kappa shape index (κ3) is 2.26. The Morgan fingerprint density at radius 1 is 1.64 bits per heavy atom. The average molecular weight is 216 g/mol. The first-order valence-electron chi connectivity index (χ1n) is 5.62. The van der Waals surface area contributed by atoms with Crippen LogP contribution in [0, 0.1) is 0 Å². The molecule has 0 saturated carbocycles. The fourth-order valence-corrected chi connectivity index (χ4v) is 3.29. The minimum absolute atomic E-state index is 0.181. The Morgan fingerprint density at radius 3 is 2.71 bits per heavy atom. The lowest BCUT2D eigenvalue weighted by atomic mass is 9.87. The summed E-state index contributed by atoms with van der Waals surface area (Å²) in [5.74, 6) is 2.51. The first-order valence-corrected chi connectivity index (χ1v) is 6.78. The summed E-state index contributed by atoms with van der Waals surface area (Å²) in [6.45, 7) is 10.2. The minimum Gasteiger partial charge on any atom is -0.326 e. The Bertz CT molecular complexity index is 184. The van der Waals surface area contributed by atoms with Gasteiger partial charge in [0, 0.05) is 35.7 Å². The minimum atomic E-state index is 0.181. The van der Waals surface area contributed by atoms with Gasteiger partial charge in [-0.25, -0.2) is 0 Å². The summed E-state index contributed by atoms with van der Waals surface area (Å²) in [7, 11) is 0. The molecule has 0 bridgehead atoms. The third-order valence-electron chi connectivity index (χ3n) is 3.72. The molecule has 0 aromatic rings. The summed E-state index contributed by atoms with van der Waals surface area (Å²) in [6, 6.07) is 0.919. The molecule has 14 heavy (non-hydrogen) atoms. The van der Waals surface area contributed by atoms with Crippen LogP contribution in [-0.2, 0) is 0 Å². The van der Waals surface area contributed by atoms with Crippen LogP contribution in [0.25, 0.3) is 0 Å². The van der Waals surface area contributed by atoms with Crippen LogP contribution in [0.3, 0.4) is 0 Å². The molecule has 0 aromatic heterocycles. The largest absolute Gasteiger partial charge is 0.326 e. The first-order chi connectivity index (χ1) is 6.52. The zero-order chi connectivity index (χ0) is 10.8. The maximum absolute atomic E-state index is 6.13. The molecule has 1 rings (SSSR count). The van der Waals surface area contributed by atoms with Crippen LogP contribution in [-0.4, -0.2) is 40.6 Å². The van der Waals surface area contributed by atoms with Crippen molar-refractivity contribution in [2.24, 2.45) is 5.73 Å². The molecule has 0 aliphatic carbocycles. The Morgan fingerprint density at radius 2 is 2.29 bits per heavy atom. The van der Waals surface area contributed by atoms with E-state index in [1.807, 2.05) is 0 Å². The van der Waals surface area contributed by atoms with Gasteiger partial charge in [0.2, 0.25) is 0 Å². The summed E-state index contributed by atoms with van der Waals surface area (Å²) >= 11 is 2.06. The number of rotatable bonds is 3. The summed E-state index contributed by atoms with van der Waals surface area (Å²) in [4.78, 5) is 2.61. The van der Waals surface area contributed by atoms with Crippen molar-refractivity contribution < 1.29 is 0 Å². The third-order valence-corrected chi connectivity index (χ3v) is 4.91. The molecule has 3 unspecified atom stereocenters. The second-order valence-electron chi connectivity index (χ2n) is 4.62. The average Bonchev–Trinajstić information content (AvgIpc) is 2.17. The highest BCUT2D eigenvalue weighted by molar-refractivity contribution is 7.99. The van der Waals surface area contributed by atoms with Gasteiger partial charge in [-0.3, -0.25) is 4.90 Å². The van der Waals surface area contributed by atoms with Crippen molar-refractivity contribution in [3.8, 4) is 0 Å². The van der Waals surface area contributed by atoms with Crippen LogP contribution in [0.1, 0.15) is 34.1 Å². The molecule has 2 nitrogen and oxygen atoms in total. The van der Waals surface area contributed by atoms with Gasteiger partial charge < -0.3 is 5.73 Å². The molecule has 0 radical (unpaired) electrons. The Labute approximate surface area is 92.6 Å². The lowest BCUT2D eigenvalue weighted by molar-refractivity contribution is 0.0538. The quantitative estimate of drug-likeness (QED) is 0.782. The standard InChI is InChI=1S/C11H24N2S/c1-5-11(4,10(3)12)13-6-7-14-8-9(13)2/h9-10H,5-8,12H2,1-4H3. The normalized spacial score (nSPS) is 31.1. The van der Waals surface area contributed by atoms with Gasteiger partial charge >= 0.3 is 0 Å². The van der Waals surface area contributed by atoms with Crippen LogP contribution < -0.4 is 5.73 Å². The fraction of sp³-hybridized carbons (Fsp3) is 1.00. The maximum Gasteiger partial charge on any atom is 0.0330 e. The van der Waals surface area contributed by atoms with Crippen molar-refractivity contribution in [3.05, 3.63) is 0 Å². The highest BCUT2D eigenvalue weighted by Gasteiger charge is 2.37. The molecular weight excluding hydrogens is 192 g/mol. The summed E-state index contributed by atoms with van der Waals surface area (Å²) in [6.07, 6.45) is 1.14. The number of hydrogen-bond acceptors (Lipinski definition) is 3. The highest BCUT2D eigenvalue weighted by atomic mass is 32.2. The molecule has 1 aliphatic rings. The van der Waals surface area contributed by atoms with E-state index in [1.165, 1.54) is 18.1 Å². The summed E-state index contributed by atoms with van der Waals surface area (Å²) < 4.78 is 0. The van der Waals surface area contributed by atoms with Crippen LogP contribution in [0.2, 0.25) is 0 Å². The molecule has 3 heteroatoms. The predicted octanol–water partition coefficient (Wildman–Crippen LogP) is 1.94. The number of thioether (sulfide) groups is 1. The summed E-state index contributed by atoms with van der Waals surface area (Å²) in [5, 5.41) is 0. The number of hydrogen-bond donors (Lipinski definition) is 1. The smallest absolute Gasteiger partial charge is 0.0330 e. The Balaban J connectivity index is 2.76. The van der Waals surface area contributed by atoms with Gasteiger partial charge in [-0.05, 0) is 27.2 Å². The van der Waals surface area contributed by atoms with E-state index >= 15 is 0 Å².